The van der Waals surface area contributed by atoms with Crippen LogP contribution in [0.4, 0.5) is 5.69 Å². The minimum absolute atomic E-state index is 0.314. The molecular weight excluding hydrogens is 276 g/mol. The van der Waals surface area contributed by atoms with Crippen LogP contribution in [-0.2, 0) is 14.8 Å². The largest absolute Gasteiger partial charge is 0.382 e. The summed E-state index contributed by atoms with van der Waals surface area (Å²) in [5.41, 5.74) is 0.947. The van der Waals surface area contributed by atoms with Gasteiger partial charge in [-0.1, -0.05) is 0 Å². The Morgan fingerprint density at radius 2 is 1.85 bits per heavy atom. The zero-order chi connectivity index (χ0) is 14.8. The molecule has 2 rings (SSSR count). The van der Waals surface area contributed by atoms with Gasteiger partial charge in [-0.2, -0.15) is 0 Å². The highest BCUT2D eigenvalue weighted by molar-refractivity contribution is 7.89. The average molecular weight is 298 g/mol. The van der Waals surface area contributed by atoms with E-state index >= 15 is 0 Å². The molecule has 1 aliphatic carbocycles. The van der Waals surface area contributed by atoms with Gasteiger partial charge in [0, 0.05) is 32.4 Å². The third-order valence-electron chi connectivity index (χ3n) is 3.50. The van der Waals surface area contributed by atoms with E-state index in [1.807, 2.05) is 19.1 Å². The van der Waals surface area contributed by atoms with E-state index in [1.54, 1.807) is 12.1 Å². The van der Waals surface area contributed by atoms with Crippen molar-refractivity contribution in [3.63, 3.8) is 0 Å². The highest BCUT2D eigenvalue weighted by Crippen LogP contribution is 2.27. The number of hydrogen-bond donors (Lipinski definition) is 1. The normalized spacial score (nSPS) is 22.6. The average Bonchev–Trinajstić information content (AvgIpc) is 2.37. The molecular formula is C14H22N2O3S. The van der Waals surface area contributed by atoms with Crippen LogP contribution in [0.3, 0.4) is 0 Å². The summed E-state index contributed by atoms with van der Waals surface area (Å²) in [4.78, 5) is 0.314. The smallest absolute Gasteiger partial charge is 0.242 e. The minimum atomic E-state index is -3.34. The third-order valence-corrected chi connectivity index (χ3v) is 5.33. The second kappa shape index (κ2) is 6.11. The molecule has 1 saturated carbocycles. The number of rotatable bonds is 6. The van der Waals surface area contributed by atoms with Gasteiger partial charge in [-0.05, 0) is 44.0 Å². The fourth-order valence-corrected chi connectivity index (χ4v) is 3.13. The predicted molar refractivity (Wildman–Crippen MR) is 79.4 cm³/mol. The van der Waals surface area contributed by atoms with Gasteiger partial charge in [0.1, 0.15) is 0 Å². The summed E-state index contributed by atoms with van der Waals surface area (Å²) in [6, 6.07) is 7.31. The van der Waals surface area contributed by atoms with Gasteiger partial charge in [-0.15, -0.1) is 0 Å². The fraction of sp³-hybridized carbons (Fsp3) is 0.571. The molecule has 0 bridgehead atoms. The van der Waals surface area contributed by atoms with Gasteiger partial charge in [0.25, 0.3) is 0 Å². The van der Waals surface area contributed by atoms with Crippen molar-refractivity contribution < 1.29 is 13.2 Å². The molecule has 1 N–H and O–H groups in total. The maximum atomic E-state index is 11.9. The highest BCUT2D eigenvalue weighted by atomic mass is 32.2. The van der Waals surface area contributed by atoms with Crippen molar-refractivity contribution in [2.24, 2.45) is 0 Å². The van der Waals surface area contributed by atoms with Gasteiger partial charge in [0.15, 0.2) is 0 Å². The molecule has 0 spiro atoms. The Morgan fingerprint density at radius 1 is 1.25 bits per heavy atom. The van der Waals surface area contributed by atoms with Crippen molar-refractivity contribution in [2.75, 3.05) is 26.0 Å². The molecule has 0 heterocycles. The van der Waals surface area contributed by atoms with Crippen LogP contribution in [0.15, 0.2) is 29.2 Å². The number of anilines is 1. The SMILES string of the molecule is CCOC1CC(Nc2ccc(S(=O)(=O)N(C)C)cc2)C1. The molecule has 0 unspecified atom stereocenters. The minimum Gasteiger partial charge on any atom is -0.382 e. The van der Waals surface area contributed by atoms with E-state index in [0.717, 1.165) is 25.1 Å². The Morgan fingerprint density at radius 3 is 2.35 bits per heavy atom. The Hall–Kier alpha value is -1.11. The number of benzene rings is 1. The van der Waals surface area contributed by atoms with Crippen LogP contribution in [0.2, 0.25) is 0 Å². The number of sulfonamides is 1. The molecule has 1 fully saturated rings. The van der Waals surface area contributed by atoms with Crippen molar-refractivity contribution in [3.05, 3.63) is 24.3 Å². The summed E-state index contributed by atoms with van der Waals surface area (Å²) in [7, 11) is -0.281. The molecule has 1 aromatic rings. The van der Waals surface area contributed by atoms with Gasteiger partial charge in [0.2, 0.25) is 10.0 Å². The monoisotopic (exact) mass is 298 g/mol. The van der Waals surface area contributed by atoms with Gasteiger partial charge in [-0.3, -0.25) is 0 Å². The first kappa shape index (κ1) is 15.3. The summed E-state index contributed by atoms with van der Waals surface area (Å²) in [6.45, 7) is 2.76. The van der Waals surface area contributed by atoms with Crippen LogP contribution in [0.5, 0.6) is 0 Å². The molecule has 20 heavy (non-hydrogen) atoms. The van der Waals surface area contributed by atoms with Crippen molar-refractivity contribution in [1.82, 2.24) is 4.31 Å². The molecule has 0 atom stereocenters. The first-order chi connectivity index (χ1) is 9.43. The van der Waals surface area contributed by atoms with Gasteiger partial charge in [-0.25, -0.2) is 12.7 Å². The lowest BCUT2D eigenvalue weighted by Crippen LogP contribution is -2.40. The van der Waals surface area contributed by atoms with Crippen molar-refractivity contribution in [3.8, 4) is 0 Å². The van der Waals surface area contributed by atoms with Gasteiger partial charge >= 0.3 is 0 Å². The second-order valence-corrected chi connectivity index (χ2v) is 7.35. The summed E-state index contributed by atoms with van der Waals surface area (Å²) in [5, 5.41) is 3.39. The summed E-state index contributed by atoms with van der Waals surface area (Å²) in [5.74, 6) is 0. The Bertz CT molecular complexity index is 534. The summed E-state index contributed by atoms with van der Waals surface area (Å²) in [6.07, 6.45) is 2.38. The molecule has 0 aromatic heterocycles. The van der Waals surface area contributed by atoms with E-state index in [2.05, 4.69) is 5.32 Å². The van der Waals surface area contributed by atoms with Crippen molar-refractivity contribution >= 4 is 15.7 Å². The van der Waals surface area contributed by atoms with E-state index in [0.29, 0.717) is 17.0 Å². The quantitative estimate of drug-likeness (QED) is 0.871. The van der Waals surface area contributed by atoms with Crippen LogP contribution in [0, 0.1) is 0 Å². The van der Waals surface area contributed by atoms with Crippen LogP contribution >= 0.6 is 0 Å². The molecule has 112 valence electrons. The lowest BCUT2D eigenvalue weighted by atomic mass is 9.89. The van der Waals surface area contributed by atoms with E-state index in [9.17, 15) is 8.42 Å². The van der Waals surface area contributed by atoms with Gasteiger partial charge in [0.05, 0.1) is 11.0 Å². The van der Waals surface area contributed by atoms with Crippen molar-refractivity contribution in [2.45, 2.75) is 36.8 Å². The molecule has 5 nitrogen and oxygen atoms in total. The first-order valence-corrected chi connectivity index (χ1v) is 8.28. The Balaban J connectivity index is 1.93. The maximum absolute atomic E-state index is 11.9. The third kappa shape index (κ3) is 3.31. The number of ether oxygens (including phenoxy) is 1. The Kier molecular flexibility index (Phi) is 4.67. The zero-order valence-corrected chi connectivity index (χ0v) is 13.0. The molecule has 6 heteroatoms. The lowest BCUT2D eigenvalue weighted by Gasteiger charge is -2.36. The molecule has 0 amide bonds. The topological polar surface area (TPSA) is 58.6 Å². The molecule has 0 aliphatic heterocycles. The lowest BCUT2D eigenvalue weighted by molar-refractivity contribution is 0.00299. The van der Waals surface area contributed by atoms with Crippen LogP contribution in [0.1, 0.15) is 19.8 Å². The van der Waals surface area contributed by atoms with E-state index in [4.69, 9.17) is 4.74 Å². The molecule has 1 aromatic carbocycles. The van der Waals surface area contributed by atoms with Crippen LogP contribution in [-0.4, -0.2) is 45.6 Å². The number of nitrogens with one attached hydrogen (secondary N) is 1. The number of hydrogen-bond acceptors (Lipinski definition) is 4. The predicted octanol–water partition coefficient (Wildman–Crippen LogP) is 1.92. The van der Waals surface area contributed by atoms with E-state index in [-0.39, 0.29) is 0 Å². The van der Waals surface area contributed by atoms with E-state index < -0.39 is 10.0 Å². The Labute approximate surface area is 121 Å². The van der Waals surface area contributed by atoms with Gasteiger partial charge < -0.3 is 10.1 Å². The standard InChI is InChI=1S/C14H22N2O3S/c1-4-19-13-9-12(10-13)15-11-5-7-14(8-6-11)20(17,18)16(2)3/h5-8,12-13,15H,4,9-10H2,1-3H3. The summed E-state index contributed by atoms with van der Waals surface area (Å²) < 4.78 is 30.6. The molecule has 0 radical (unpaired) electrons. The van der Waals surface area contributed by atoms with Crippen molar-refractivity contribution in [1.29, 1.82) is 0 Å². The molecule has 1 aliphatic rings. The highest BCUT2D eigenvalue weighted by Gasteiger charge is 2.29. The second-order valence-electron chi connectivity index (χ2n) is 5.20. The van der Waals surface area contributed by atoms with Crippen LogP contribution in [0.25, 0.3) is 0 Å². The zero-order valence-electron chi connectivity index (χ0n) is 12.2. The van der Waals surface area contributed by atoms with Crippen LogP contribution < -0.4 is 5.32 Å². The van der Waals surface area contributed by atoms with E-state index in [1.165, 1.54) is 18.4 Å². The first-order valence-electron chi connectivity index (χ1n) is 6.84. The summed E-state index contributed by atoms with van der Waals surface area (Å²) >= 11 is 0. The maximum Gasteiger partial charge on any atom is 0.242 e. The molecule has 0 saturated heterocycles. The number of nitrogens with zero attached hydrogens (tertiary/aromatic N) is 1. The fourth-order valence-electron chi connectivity index (χ4n) is 2.22.